The van der Waals surface area contributed by atoms with Gasteiger partial charge in [0.2, 0.25) is 0 Å². The molecule has 4 nitrogen and oxygen atoms in total. The summed E-state index contributed by atoms with van der Waals surface area (Å²) in [6.45, 7) is 0. The van der Waals surface area contributed by atoms with E-state index in [0.29, 0.717) is 17.5 Å². The van der Waals surface area contributed by atoms with Crippen molar-refractivity contribution in [2.75, 3.05) is 4.90 Å². The molecule has 0 bridgehead atoms. The largest absolute Gasteiger partial charge is 0.310 e. The molecule has 1 aliphatic carbocycles. The Morgan fingerprint density at radius 2 is 0.694 bits per heavy atom. The first-order valence-corrected chi connectivity index (χ1v) is 21.1. The number of benzene rings is 9. The van der Waals surface area contributed by atoms with Gasteiger partial charge in [-0.1, -0.05) is 194 Å². The van der Waals surface area contributed by atoms with Crippen LogP contribution >= 0.6 is 0 Å². The summed E-state index contributed by atoms with van der Waals surface area (Å²) in [5, 5.41) is 0. The molecular formula is C58H38N4. The lowest BCUT2D eigenvalue weighted by Crippen LogP contribution is -2.36. The summed E-state index contributed by atoms with van der Waals surface area (Å²) in [7, 11) is 0. The summed E-state index contributed by atoms with van der Waals surface area (Å²) >= 11 is 0. The topological polar surface area (TPSA) is 41.9 Å². The smallest absolute Gasteiger partial charge is 0.164 e. The zero-order valence-corrected chi connectivity index (χ0v) is 33.7. The van der Waals surface area contributed by atoms with Crippen LogP contribution in [0.4, 0.5) is 17.1 Å². The van der Waals surface area contributed by atoms with Crippen LogP contribution in [0.1, 0.15) is 22.3 Å². The number of hydrogen-bond donors (Lipinski definition) is 0. The Labute approximate surface area is 361 Å². The number of anilines is 3. The van der Waals surface area contributed by atoms with E-state index in [2.05, 4.69) is 211 Å². The highest BCUT2D eigenvalue weighted by Crippen LogP contribution is 2.63. The molecule has 1 spiro atoms. The van der Waals surface area contributed by atoms with Crippen LogP contribution in [0.25, 0.3) is 67.5 Å². The SMILES string of the molecule is c1ccc(-c2ccc(-c3nc(-c4ccccc4)nc(-c4cccc(-c5ccc6c(c5)-c5ccccc5C65c6ccccc6N(c6ccccc6)c6ccccc65)c4)n3)cc2)cc1. The first-order chi connectivity index (χ1) is 30.7. The minimum absolute atomic E-state index is 0.501. The third-order valence-corrected chi connectivity index (χ3v) is 12.5. The van der Waals surface area contributed by atoms with Crippen LogP contribution in [-0.4, -0.2) is 15.0 Å². The first kappa shape index (κ1) is 35.7. The molecule has 0 saturated heterocycles. The molecule has 10 aromatic rings. The Morgan fingerprint density at radius 1 is 0.274 bits per heavy atom. The Kier molecular flexibility index (Phi) is 8.36. The molecule has 0 saturated carbocycles. The quantitative estimate of drug-likeness (QED) is 0.168. The van der Waals surface area contributed by atoms with Gasteiger partial charge in [-0.2, -0.15) is 0 Å². The van der Waals surface area contributed by atoms with Gasteiger partial charge in [-0.15, -0.1) is 0 Å². The highest BCUT2D eigenvalue weighted by Gasteiger charge is 2.51. The summed E-state index contributed by atoms with van der Waals surface area (Å²) in [6, 6.07) is 82.3. The third kappa shape index (κ3) is 5.65. The first-order valence-electron chi connectivity index (χ1n) is 21.1. The van der Waals surface area contributed by atoms with Gasteiger partial charge in [0.25, 0.3) is 0 Å². The van der Waals surface area contributed by atoms with Crippen molar-refractivity contribution in [2.24, 2.45) is 0 Å². The van der Waals surface area contributed by atoms with E-state index in [1.165, 1.54) is 50.3 Å². The fourth-order valence-corrected chi connectivity index (χ4v) is 9.78. The normalized spacial score (nSPS) is 12.9. The molecule has 1 aliphatic heterocycles. The maximum atomic E-state index is 5.13. The molecule has 0 N–H and O–H groups in total. The van der Waals surface area contributed by atoms with Gasteiger partial charge in [0, 0.05) is 22.4 Å². The molecule has 0 radical (unpaired) electrons. The van der Waals surface area contributed by atoms with Gasteiger partial charge in [0.15, 0.2) is 17.5 Å². The third-order valence-electron chi connectivity index (χ3n) is 12.5. The van der Waals surface area contributed by atoms with Crippen molar-refractivity contribution in [2.45, 2.75) is 5.41 Å². The van der Waals surface area contributed by atoms with Crippen molar-refractivity contribution in [3.05, 3.63) is 253 Å². The fourth-order valence-electron chi connectivity index (χ4n) is 9.78. The predicted octanol–water partition coefficient (Wildman–Crippen LogP) is 14.4. The number of nitrogens with zero attached hydrogens (tertiary/aromatic N) is 4. The van der Waals surface area contributed by atoms with Gasteiger partial charge in [-0.3, -0.25) is 0 Å². The van der Waals surface area contributed by atoms with Crippen LogP contribution in [0, 0.1) is 0 Å². The van der Waals surface area contributed by atoms with Crippen LogP contribution in [-0.2, 0) is 5.41 Å². The monoisotopic (exact) mass is 790 g/mol. The molecule has 0 unspecified atom stereocenters. The number of hydrogen-bond acceptors (Lipinski definition) is 4. The minimum Gasteiger partial charge on any atom is -0.310 e. The average Bonchev–Trinajstić information content (AvgIpc) is 3.65. The number of aromatic nitrogens is 3. The van der Waals surface area contributed by atoms with E-state index in [-0.39, 0.29) is 0 Å². The summed E-state index contributed by atoms with van der Waals surface area (Å²) in [5.41, 5.74) is 18.0. The lowest BCUT2D eigenvalue weighted by atomic mass is 9.64. The van der Waals surface area contributed by atoms with Gasteiger partial charge in [-0.25, -0.2) is 15.0 Å². The molecule has 2 heterocycles. The second kappa shape index (κ2) is 14.5. The zero-order chi connectivity index (χ0) is 41.0. The fraction of sp³-hybridized carbons (Fsp3) is 0.0172. The van der Waals surface area contributed by atoms with E-state index < -0.39 is 5.41 Å². The second-order valence-electron chi connectivity index (χ2n) is 16.0. The predicted molar refractivity (Wildman–Crippen MR) is 253 cm³/mol. The van der Waals surface area contributed by atoms with Gasteiger partial charge in [0.1, 0.15) is 0 Å². The Morgan fingerprint density at radius 3 is 1.35 bits per heavy atom. The minimum atomic E-state index is -0.501. The van der Waals surface area contributed by atoms with Crippen molar-refractivity contribution >= 4 is 17.1 Å². The molecule has 4 heteroatoms. The van der Waals surface area contributed by atoms with Crippen molar-refractivity contribution in [1.82, 2.24) is 15.0 Å². The van der Waals surface area contributed by atoms with Gasteiger partial charge in [0.05, 0.1) is 16.8 Å². The Balaban J connectivity index is 0.987. The Bertz CT molecular complexity index is 3240. The standard InChI is InChI=1S/C58H38N4/c1-4-17-39(18-5-1)40-31-33-42(34-32-40)56-59-55(41-19-6-2-7-20-41)60-57(61-56)45-22-16-21-43(37-45)44-35-36-50-48(38-44)47-25-10-11-26-49(47)58(50)51-27-12-14-29-53(51)62(46-23-8-3-9-24-46)54-30-15-13-28-52(54)58/h1-38H. The van der Waals surface area contributed by atoms with Crippen LogP contribution in [0.3, 0.4) is 0 Å². The van der Waals surface area contributed by atoms with Crippen LogP contribution in [0.5, 0.6) is 0 Å². The molecule has 62 heavy (non-hydrogen) atoms. The highest BCUT2D eigenvalue weighted by atomic mass is 15.2. The number of fused-ring (bicyclic) bond motifs is 9. The molecule has 290 valence electrons. The van der Waals surface area contributed by atoms with Gasteiger partial charge >= 0.3 is 0 Å². The molecule has 9 aromatic carbocycles. The van der Waals surface area contributed by atoms with Gasteiger partial charge in [-0.05, 0) is 92.0 Å². The van der Waals surface area contributed by atoms with E-state index in [4.69, 9.17) is 15.0 Å². The van der Waals surface area contributed by atoms with Crippen LogP contribution < -0.4 is 4.90 Å². The number of para-hydroxylation sites is 3. The lowest BCUT2D eigenvalue weighted by molar-refractivity contribution is 0.753. The molecule has 12 rings (SSSR count). The summed E-state index contributed by atoms with van der Waals surface area (Å²) in [4.78, 5) is 17.6. The highest BCUT2D eigenvalue weighted by molar-refractivity contribution is 5.96. The van der Waals surface area contributed by atoms with Gasteiger partial charge < -0.3 is 4.90 Å². The van der Waals surface area contributed by atoms with E-state index in [1.807, 2.05) is 24.3 Å². The van der Waals surface area contributed by atoms with E-state index in [0.717, 1.165) is 39.1 Å². The maximum absolute atomic E-state index is 5.13. The Hall–Kier alpha value is -8.21. The molecule has 0 atom stereocenters. The molecule has 0 amide bonds. The lowest BCUT2D eigenvalue weighted by Gasteiger charge is -2.45. The van der Waals surface area contributed by atoms with Crippen molar-refractivity contribution in [1.29, 1.82) is 0 Å². The second-order valence-corrected chi connectivity index (χ2v) is 16.0. The molecular weight excluding hydrogens is 753 g/mol. The molecule has 2 aliphatic rings. The van der Waals surface area contributed by atoms with Crippen molar-refractivity contribution < 1.29 is 0 Å². The zero-order valence-electron chi connectivity index (χ0n) is 33.7. The maximum Gasteiger partial charge on any atom is 0.164 e. The molecule has 0 fully saturated rings. The van der Waals surface area contributed by atoms with E-state index in [1.54, 1.807) is 0 Å². The summed E-state index contributed by atoms with van der Waals surface area (Å²) in [6.07, 6.45) is 0. The van der Waals surface area contributed by atoms with Crippen LogP contribution in [0.2, 0.25) is 0 Å². The average molecular weight is 791 g/mol. The van der Waals surface area contributed by atoms with E-state index in [9.17, 15) is 0 Å². The summed E-state index contributed by atoms with van der Waals surface area (Å²) in [5.74, 6) is 1.91. The molecule has 1 aromatic heterocycles. The van der Waals surface area contributed by atoms with Crippen LogP contribution in [0.15, 0.2) is 231 Å². The van der Waals surface area contributed by atoms with Crippen molar-refractivity contribution in [3.8, 4) is 67.5 Å². The summed E-state index contributed by atoms with van der Waals surface area (Å²) < 4.78 is 0. The number of rotatable bonds is 6. The van der Waals surface area contributed by atoms with Crippen molar-refractivity contribution in [3.63, 3.8) is 0 Å². The van der Waals surface area contributed by atoms with E-state index >= 15 is 0 Å².